The van der Waals surface area contributed by atoms with Crippen LogP contribution in [0.2, 0.25) is 0 Å². The molecule has 1 heterocycles. The predicted molar refractivity (Wildman–Crippen MR) is 92.2 cm³/mol. The van der Waals surface area contributed by atoms with Crippen LogP contribution in [0.4, 0.5) is 0 Å². The van der Waals surface area contributed by atoms with Crippen LogP contribution in [0.3, 0.4) is 0 Å². The van der Waals surface area contributed by atoms with Crippen molar-refractivity contribution in [2.45, 2.75) is 0 Å². The summed E-state index contributed by atoms with van der Waals surface area (Å²) in [6.45, 7) is 0. The number of nitrogens with one attached hydrogen (secondary N) is 1. The third-order valence-electron chi connectivity index (χ3n) is 4.06. The molecule has 0 saturated carbocycles. The minimum Gasteiger partial charge on any atom is -0.353 e. The summed E-state index contributed by atoms with van der Waals surface area (Å²) < 4.78 is 0. The topological polar surface area (TPSA) is 56.6 Å². The fraction of sp³-hybridized carbons (Fsp3) is 0. The Morgan fingerprint density at radius 3 is 2.43 bits per heavy atom. The summed E-state index contributed by atoms with van der Waals surface area (Å²) in [5.74, 6) is 0. The first-order valence-electron chi connectivity index (χ1n) is 7.32. The summed E-state index contributed by atoms with van der Waals surface area (Å²) in [6, 6.07) is 23.3. The Bertz CT molecular complexity index is 1150. The van der Waals surface area contributed by atoms with Crippen LogP contribution in [-0.2, 0) is 0 Å². The highest BCUT2D eigenvalue weighted by atomic mass is 16.1. The fourth-order valence-corrected chi connectivity index (χ4v) is 2.90. The monoisotopic (exact) mass is 296 g/mol. The van der Waals surface area contributed by atoms with E-state index in [1.165, 1.54) is 0 Å². The molecule has 0 aliphatic carbocycles. The molecule has 3 aromatic carbocycles. The number of para-hydroxylation sites is 1. The van der Waals surface area contributed by atoms with Crippen LogP contribution in [0, 0.1) is 11.3 Å². The van der Waals surface area contributed by atoms with Gasteiger partial charge in [0.15, 0.2) is 0 Å². The second-order valence-electron chi connectivity index (χ2n) is 5.42. The van der Waals surface area contributed by atoms with Crippen LogP contribution in [-0.4, -0.2) is 4.98 Å². The average molecular weight is 296 g/mol. The molecular weight excluding hydrogens is 284 g/mol. The molecule has 0 unspecified atom stereocenters. The highest BCUT2D eigenvalue weighted by molar-refractivity contribution is 5.90. The Hall–Kier alpha value is -3.38. The molecule has 23 heavy (non-hydrogen) atoms. The Kier molecular flexibility index (Phi) is 2.96. The number of rotatable bonds is 1. The van der Waals surface area contributed by atoms with E-state index in [1.54, 1.807) is 12.1 Å². The maximum atomic E-state index is 12.6. The number of fused-ring (bicyclic) bond motifs is 2. The van der Waals surface area contributed by atoms with Crippen molar-refractivity contribution in [2.24, 2.45) is 0 Å². The van der Waals surface area contributed by atoms with Crippen LogP contribution in [0.15, 0.2) is 71.5 Å². The maximum absolute atomic E-state index is 12.6. The molecule has 3 nitrogen and oxygen atoms in total. The van der Waals surface area contributed by atoms with Gasteiger partial charge in [-0.3, -0.25) is 4.79 Å². The lowest BCUT2D eigenvalue weighted by Crippen LogP contribution is -2.10. The lowest BCUT2D eigenvalue weighted by molar-refractivity contribution is 1.34. The van der Waals surface area contributed by atoms with E-state index in [-0.39, 0.29) is 11.0 Å². The van der Waals surface area contributed by atoms with Crippen LogP contribution < -0.4 is 5.43 Å². The normalized spacial score (nSPS) is 10.7. The van der Waals surface area contributed by atoms with Gasteiger partial charge in [-0.1, -0.05) is 48.5 Å². The highest BCUT2D eigenvalue weighted by Gasteiger charge is 2.13. The Labute approximate surface area is 132 Å². The smallest absolute Gasteiger partial charge is 0.207 e. The number of pyridine rings is 1. The molecule has 1 N–H and O–H groups in total. The van der Waals surface area contributed by atoms with E-state index < -0.39 is 0 Å². The SMILES string of the molecule is N#Cc1c(-c2ccc3ccccc3c2)[nH]c2ccccc2c1=O. The summed E-state index contributed by atoms with van der Waals surface area (Å²) in [4.78, 5) is 15.8. The van der Waals surface area contributed by atoms with Gasteiger partial charge in [-0.2, -0.15) is 5.26 Å². The van der Waals surface area contributed by atoms with Crippen LogP contribution >= 0.6 is 0 Å². The number of nitriles is 1. The molecule has 108 valence electrons. The van der Waals surface area contributed by atoms with E-state index in [9.17, 15) is 10.1 Å². The van der Waals surface area contributed by atoms with Crippen LogP contribution in [0.25, 0.3) is 32.9 Å². The van der Waals surface area contributed by atoms with E-state index in [0.717, 1.165) is 21.9 Å². The Morgan fingerprint density at radius 2 is 1.61 bits per heavy atom. The first-order valence-corrected chi connectivity index (χ1v) is 7.32. The van der Waals surface area contributed by atoms with Gasteiger partial charge in [-0.25, -0.2) is 0 Å². The summed E-state index contributed by atoms with van der Waals surface area (Å²) in [6.07, 6.45) is 0. The van der Waals surface area contributed by atoms with Gasteiger partial charge in [0.1, 0.15) is 11.6 Å². The Morgan fingerprint density at radius 1 is 0.870 bits per heavy atom. The minimum absolute atomic E-state index is 0.152. The quantitative estimate of drug-likeness (QED) is 0.571. The zero-order valence-electron chi connectivity index (χ0n) is 12.2. The van der Waals surface area contributed by atoms with Crippen LogP contribution in [0.1, 0.15) is 5.56 Å². The van der Waals surface area contributed by atoms with Crippen molar-refractivity contribution in [1.29, 1.82) is 5.26 Å². The standard InChI is InChI=1S/C20H12N2O/c21-12-17-19(22-18-8-4-3-7-16(18)20(17)23)15-10-9-13-5-1-2-6-14(13)11-15/h1-11H,(H,22,23). The van der Waals surface area contributed by atoms with Gasteiger partial charge < -0.3 is 4.98 Å². The van der Waals surface area contributed by atoms with Crippen molar-refractivity contribution in [3.8, 4) is 17.3 Å². The zero-order chi connectivity index (χ0) is 15.8. The number of H-pyrrole nitrogens is 1. The number of benzene rings is 3. The molecule has 0 atom stereocenters. The molecule has 4 aromatic rings. The zero-order valence-corrected chi connectivity index (χ0v) is 12.2. The van der Waals surface area contributed by atoms with Gasteiger partial charge >= 0.3 is 0 Å². The largest absolute Gasteiger partial charge is 0.353 e. The van der Waals surface area contributed by atoms with Gasteiger partial charge in [0, 0.05) is 16.5 Å². The molecule has 0 fully saturated rings. The molecule has 0 aliphatic rings. The van der Waals surface area contributed by atoms with Crippen molar-refractivity contribution >= 4 is 21.7 Å². The van der Waals surface area contributed by atoms with E-state index in [1.807, 2.05) is 54.6 Å². The molecular formula is C20H12N2O. The first kappa shape index (κ1) is 13.3. The number of aromatic nitrogens is 1. The van der Waals surface area contributed by atoms with Crippen LogP contribution in [0.5, 0.6) is 0 Å². The van der Waals surface area contributed by atoms with Gasteiger partial charge in [0.05, 0.1) is 5.69 Å². The van der Waals surface area contributed by atoms with Gasteiger partial charge in [0.25, 0.3) is 0 Å². The van der Waals surface area contributed by atoms with Crippen molar-refractivity contribution < 1.29 is 0 Å². The molecule has 0 spiro atoms. The second-order valence-corrected chi connectivity index (χ2v) is 5.42. The summed E-state index contributed by atoms with van der Waals surface area (Å²) in [5.41, 5.74) is 2.06. The molecule has 1 aromatic heterocycles. The van der Waals surface area contributed by atoms with Crippen molar-refractivity contribution in [3.05, 3.63) is 82.5 Å². The number of hydrogen-bond donors (Lipinski definition) is 1. The minimum atomic E-state index is -0.231. The van der Waals surface area contributed by atoms with Crippen molar-refractivity contribution in [3.63, 3.8) is 0 Å². The van der Waals surface area contributed by atoms with Crippen molar-refractivity contribution in [1.82, 2.24) is 4.98 Å². The van der Waals surface area contributed by atoms with Crippen molar-refractivity contribution in [2.75, 3.05) is 0 Å². The van der Waals surface area contributed by atoms with E-state index in [2.05, 4.69) is 11.1 Å². The molecule has 0 saturated heterocycles. The number of aromatic amines is 1. The summed E-state index contributed by atoms with van der Waals surface area (Å²) >= 11 is 0. The van der Waals surface area contributed by atoms with E-state index >= 15 is 0 Å². The average Bonchev–Trinajstić information content (AvgIpc) is 2.61. The predicted octanol–water partition coefficient (Wildman–Crippen LogP) is 4.22. The third-order valence-corrected chi connectivity index (χ3v) is 4.06. The molecule has 0 radical (unpaired) electrons. The maximum Gasteiger partial charge on any atom is 0.207 e. The summed E-state index contributed by atoms with van der Waals surface area (Å²) in [7, 11) is 0. The van der Waals surface area contributed by atoms with E-state index in [0.29, 0.717) is 11.1 Å². The Balaban J connectivity index is 2.07. The second kappa shape index (κ2) is 5.11. The van der Waals surface area contributed by atoms with E-state index in [4.69, 9.17) is 0 Å². The third kappa shape index (κ3) is 2.09. The highest BCUT2D eigenvalue weighted by Crippen LogP contribution is 2.26. The summed E-state index contributed by atoms with van der Waals surface area (Å²) in [5, 5.41) is 12.2. The van der Waals surface area contributed by atoms with Gasteiger partial charge in [-0.15, -0.1) is 0 Å². The molecule has 0 bridgehead atoms. The van der Waals surface area contributed by atoms with Gasteiger partial charge in [0.2, 0.25) is 5.43 Å². The number of hydrogen-bond acceptors (Lipinski definition) is 2. The lowest BCUT2D eigenvalue weighted by Gasteiger charge is -2.08. The lowest BCUT2D eigenvalue weighted by atomic mass is 10.0. The fourth-order valence-electron chi connectivity index (χ4n) is 2.90. The number of nitrogens with zero attached hydrogens (tertiary/aromatic N) is 1. The molecule has 4 rings (SSSR count). The van der Waals surface area contributed by atoms with Gasteiger partial charge in [-0.05, 0) is 29.0 Å². The molecule has 0 aliphatic heterocycles. The molecule has 0 amide bonds. The molecule has 3 heteroatoms. The first-order chi connectivity index (χ1) is 11.3.